The number of benzene rings is 1. The molecule has 0 saturated carbocycles. The summed E-state index contributed by atoms with van der Waals surface area (Å²) in [6.07, 6.45) is 3.84. The number of nitrogens with zero attached hydrogens (tertiary/aromatic N) is 1. The van der Waals surface area contributed by atoms with Gasteiger partial charge in [-0.2, -0.15) is 4.31 Å². The van der Waals surface area contributed by atoms with Gasteiger partial charge in [0.1, 0.15) is 0 Å². The molecular weight excluding hydrogens is 340 g/mol. The molecule has 1 atom stereocenters. The lowest BCUT2D eigenvalue weighted by Gasteiger charge is -2.34. The summed E-state index contributed by atoms with van der Waals surface area (Å²) >= 11 is 3.36. The van der Waals surface area contributed by atoms with Crippen LogP contribution in [0.5, 0.6) is 0 Å². The summed E-state index contributed by atoms with van der Waals surface area (Å²) in [6.45, 7) is 3.00. The molecule has 1 aromatic carbocycles. The van der Waals surface area contributed by atoms with E-state index < -0.39 is 10.0 Å². The third kappa shape index (κ3) is 3.08. The Morgan fingerprint density at radius 2 is 2.15 bits per heavy atom. The Balaban J connectivity index is 2.43. The van der Waals surface area contributed by atoms with Crippen molar-refractivity contribution < 1.29 is 8.42 Å². The first-order valence-electron chi connectivity index (χ1n) is 7.01. The van der Waals surface area contributed by atoms with Gasteiger partial charge in [-0.3, -0.25) is 0 Å². The standard InChI is InChI=1S/C14H21BrN2O2S/c1-2-12-5-3-4-8-17(12)20(18,19)14-9-11(10-16)6-7-13(14)15/h6-7,9,12H,2-5,8,10,16H2,1H3. The average molecular weight is 361 g/mol. The van der Waals surface area contributed by atoms with Crippen LogP contribution in [-0.4, -0.2) is 25.3 Å². The molecule has 1 aliphatic heterocycles. The fraction of sp³-hybridized carbons (Fsp3) is 0.571. The summed E-state index contributed by atoms with van der Waals surface area (Å²) in [5, 5.41) is 0. The van der Waals surface area contributed by atoms with Crippen molar-refractivity contribution >= 4 is 26.0 Å². The number of piperidine rings is 1. The van der Waals surface area contributed by atoms with Crippen molar-refractivity contribution in [3.63, 3.8) is 0 Å². The lowest BCUT2D eigenvalue weighted by atomic mass is 10.0. The van der Waals surface area contributed by atoms with Crippen molar-refractivity contribution in [1.82, 2.24) is 4.31 Å². The van der Waals surface area contributed by atoms with Crippen molar-refractivity contribution in [3.05, 3.63) is 28.2 Å². The van der Waals surface area contributed by atoms with E-state index >= 15 is 0 Å². The highest BCUT2D eigenvalue weighted by molar-refractivity contribution is 9.10. The molecule has 20 heavy (non-hydrogen) atoms. The highest BCUT2D eigenvalue weighted by atomic mass is 79.9. The Morgan fingerprint density at radius 3 is 2.80 bits per heavy atom. The largest absolute Gasteiger partial charge is 0.326 e. The van der Waals surface area contributed by atoms with Crippen molar-refractivity contribution in [2.75, 3.05) is 6.54 Å². The zero-order valence-electron chi connectivity index (χ0n) is 11.7. The molecule has 0 amide bonds. The summed E-state index contributed by atoms with van der Waals surface area (Å²) in [6, 6.07) is 5.40. The van der Waals surface area contributed by atoms with E-state index in [2.05, 4.69) is 15.9 Å². The first-order chi connectivity index (χ1) is 9.50. The van der Waals surface area contributed by atoms with E-state index in [-0.39, 0.29) is 6.04 Å². The van der Waals surface area contributed by atoms with Gasteiger partial charge in [-0.25, -0.2) is 8.42 Å². The van der Waals surface area contributed by atoms with Crippen LogP contribution in [0.4, 0.5) is 0 Å². The van der Waals surface area contributed by atoms with Gasteiger partial charge in [0.05, 0.1) is 4.90 Å². The van der Waals surface area contributed by atoms with Crippen LogP contribution in [-0.2, 0) is 16.6 Å². The van der Waals surface area contributed by atoms with Crippen LogP contribution in [0.1, 0.15) is 38.2 Å². The topological polar surface area (TPSA) is 63.4 Å². The second kappa shape index (κ2) is 6.56. The van der Waals surface area contributed by atoms with Crippen LogP contribution in [0.15, 0.2) is 27.6 Å². The maximum atomic E-state index is 12.9. The quantitative estimate of drug-likeness (QED) is 0.897. The molecule has 0 aliphatic carbocycles. The fourth-order valence-electron chi connectivity index (χ4n) is 2.70. The minimum absolute atomic E-state index is 0.113. The number of halogens is 1. The zero-order chi connectivity index (χ0) is 14.8. The molecule has 1 saturated heterocycles. The average Bonchev–Trinajstić information content (AvgIpc) is 2.47. The predicted molar refractivity (Wildman–Crippen MR) is 83.9 cm³/mol. The Labute approximate surface area is 129 Å². The van der Waals surface area contributed by atoms with E-state index in [0.29, 0.717) is 22.5 Å². The van der Waals surface area contributed by atoms with Crippen LogP contribution < -0.4 is 5.73 Å². The summed E-state index contributed by atoms with van der Waals surface area (Å²) in [5.41, 5.74) is 6.45. The third-order valence-electron chi connectivity index (χ3n) is 3.86. The minimum atomic E-state index is -3.46. The lowest BCUT2D eigenvalue weighted by molar-refractivity contribution is 0.246. The van der Waals surface area contributed by atoms with E-state index in [1.165, 1.54) is 0 Å². The molecule has 1 fully saturated rings. The van der Waals surface area contributed by atoms with E-state index in [9.17, 15) is 8.42 Å². The smallest absolute Gasteiger partial charge is 0.244 e. The normalized spacial score (nSPS) is 21.1. The monoisotopic (exact) mass is 360 g/mol. The molecule has 0 spiro atoms. The maximum absolute atomic E-state index is 12.9. The summed E-state index contributed by atoms with van der Waals surface area (Å²) in [5.74, 6) is 0. The fourth-order valence-corrected chi connectivity index (χ4v) is 5.44. The second-order valence-corrected chi connectivity index (χ2v) is 7.86. The number of nitrogens with two attached hydrogens (primary N) is 1. The predicted octanol–water partition coefficient (Wildman–Crippen LogP) is 2.86. The van der Waals surface area contributed by atoms with Crippen molar-refractivity contribution in [3.8, 4) is 0 Å². The summed E-state index contributed by atoms with van der Waals surface area (Å²) in [7, 11) is -3.46. The molecule has 0 aromatic heterocycles. The number of hydrogen-bond donors (Lipinski definition) is 1. The zero-order valence-corrected chi connectivity index (χ0v) is 14.1. The van der Waals surface area contributed by atoms with Crippen LogP contribution in [0, 0.1) is 0 Å². The second-order valence-electron chi connectivity index (χ2n) is 5.14. The molecule has 112 valence electrons. The molecule has 6 heteroatoms. The van der Waals surface area contributed by atoms with Gasteiger partial charge in [0.15, 0.2) is 0 Å². The Bertz CT molecular complexity index is 575. The number of rotatable bonds is 4. The van der Waals surface area contributed by atoms with Gasteiger partial charge in [0.2, 0.25) is 10.0 Å². The van der Waals surface area contributed by atoms with Crippen LogP contribution in [0.25, 0.3) is 0 Å². The van der Waals surface area contributed by atoms with Crippen LogP contribution in [0.3, 0.4) is 0 Å². The van der Waals surface area contributed by atoms with E-state index in [0.717, 1.165) is 31.2 Å². The third-order valence-corrected chi connectivity index (χ3v) is 6.81. The number of sulfonamides is 1. The molecule has 1 heterocycles. The molecule has 4 nitrogen and oxygen atoms in total. The molecule has 1 unspecified atom stereocenters. The SMILES string of the molecule is CCC1CCCCN1S(=O)(=O)c1cc(CN)ccc1Br. The minimum Gasteiger partial charge on any atom is -0.326 e. The van der Waals surface area contributed by atoms with Crippen molar-refractivity contribution in [2.24, 2.45) is 5.73 Å². The number of hydrogen-bond acceptors (Lipinski definition) is 3. The van der Waals surface area contributed by atoms with Gasteiger partial charge < -0.3 is 5.73 Å². The molecule has 0 radical (unpaired) electrons. The van der Waals surface area contributed by atoms with Gasteiger partial charge >= 0.3 is 0 Å². The highest BCUT2D eigenvalue weighted by Crippen LogP contribution is 2.31. The first-order valence-corrected chi connectivity index (χ1v) is 9.24. The van der Waals surface area contributed by atoms with Gasteiger partial charge in [-0.05, 0) is 52.9 Å². The highest BCUT2D eigenvalue weighted by Gasteiger charge is 2.33. The van der Waals surface area contributed by atoms with Gasteiger partial charge in [0.25, 0.3) is 0 Å². The van der Waals surface area contributed by atoms with Crippen LogP contribution >= 0.6 is 15.9 Å². The van der Waals surface area contributed by atoms with E-state index in [1.54, 1.807) is 16.4 Å². The molecule has 0 bridgehead atoms. The van der Waals surface area contributed by atoms with E-state index in [4.69, 9.17) is 5.73 Å². The first kappa shape index (κ1) is 15.9. The van der Waals surface area contributed by atoms with Crippen molar-refractivity contribution in [1.29, 1.82) is 0 Å². The van der Waals surface area contributed by atoms with Crippen molar-refractivity contribution in [2.45, 2.75) is 50.1 Å². The van der Waals surface area contributed by atoms with Gasteiger partial charge in [-0.1, -0.05) is 19.4 Å². The van der Waals surface area contributed by atoms with E-state index in [1.807, 2.05) is 13.0 Å². The maximum Gasteiger partial charge on any atom is 0.244 e. The Kier molecular flexibility index (Phi) is 5.23. The molecule has 2 N–H and O–H groups in total. The lowest BCUT2D eigenvalue weighted by Crippen LogP contribution is -2.43. The Hall–Kier alpha value is -0.430. The van der Waals surface area contributed by atoms with Gasteiger partial charge in [0, 0.05) is 23.6 Å². The Morgan fingerprint density at radius 1 is 1.40 bits per heavy atom. The molecule has 1 aromatic rings. The molecule has 2 rings (SSSR count). The molecular formula is C14H21BrN2O2S. The molecule has 1 aliphatic rings. The summed E-state index contributed by atoms with van der Waals surface area (Å²) < 4.78 is 28.1. The van der Waals surface area contributed by atoms with Crippen LogP contribution in [0.2, 0.25) is 0 Å². The summed E-state index contributed by atoms with van der Waals surface area (Å²) in [4.78, 5) is 0.334. The van der Waals surface area contributed by atoms with Gasteiger partial charge in [-0.15, -0.1) is 0 Å².